The van der Waals surface area contributed by atoms with Gasteiger partial charge in [0.25, 0.3) is 0 Å². The Morgan fingerprint density at radius 2 is 1.83 bits per heavy atom. The van der Waals surface area contributed by atoms with E-state index in [0.717, 1.165) is 0 Å². The topological polar surface area (TPSA) is 75.7 Å². The summed E-state index contributed by atoms with van der Waals surface area (Å²) >= 11 is 0. The predicted molar refractivity (Wildman–Crippen MR) is 87.5 cm³/mol. The van der Waals surface area contributed by atoms with Crippen LogP contribution in [0.2, 0.25) is 0 Å². The minimum atomic E-state index is -3.75. The van der Waals surface area contributed by atoms with E-state index in [9.17, 15) is 13.2 Å². The van der Waals surface area contributed by atoms with E-state index in [2.05, 4.69) is 4.72 Å². The Morgan fingerprint density at radius 3 is 2.39 bits per heavy atom. The zero-order valence-electron chi connectivity index (χ0n) is 13.8. The maximum Gasteiger partial charge on any atom is 0.241 e. The van der Waals surface area contributed by atoms with E-state index < -0.39 is 16.1 Å². The lowest BCUT2D eigenvalue weighted by molar-refractivity contribution is -0.138. The molecule has 2 rings (SSSR count). The molecule has 0 unspecified atom stereocenters. The Hall–Kier alpha value is -1.44. The van der Waals surface area contributed by atoms with Crippen LogP contribution in [-0.4, -0.2) is 51.6 Å². The Balaban J connectivity index is 2.22. The van der Waals surface area contributed by atoms with Crippen molar-refractivity contribution in [1.82, 2.24) is 9.62 Å². The van der Waals surface area contributed by atoms with E-state index in [1.807, 2.05) is 13.8 Å². The summed E-state index contributed by atoms with van der Waals surface area (Å²) < 4.78 is 33.1. The van der Waals surface area contributed by atoms with Crippen LogP contribution in [0, 0.1) is 12.8 Å². The summed E-state index contributed by atoms with van der Waals surface area (Å²) in [5.74, 6) is -0.343. The Labute approximate surface area is 137 Å². The van der Waals surface area contributed by atoms with Gasteiger partial charge in [-0.1, -0.05) is 32.0 Å². The minimum Gasteiger partial charge on any atom is -0.378 e. The monoisotopic (exact) mass is 340 g/mol. The van der Waals surface area contributed by atoms with Gasteiger partial charge in [-0.25, -0.2) is 8.42 Å². The summed E-state index contributed by atoms with van der Waals surface area (Å²) in [6.45, 7) is 7.37. The van der Waals surface area contributed by atoms with Gasteiger partial charge in [-0.15, -0.1) is 0 Å². The third-order valence-corrected chi connectivity index (χ3v) is 5.52. The second-order valence-corrected chi connectivity index (χ2v) is 7.73. The first kappa shape index (κ1) is 17.9. The van der Waals surface area contributed by atoms with E-state index in [1.54, 1.807) is 36.1 Å². The molecule has 0 radical (unpaired) electrons. The van der Waals surface area contributed by atoms with Crippen molar-refractivity contribution in [2.75, 3.05) is 26.3 Å². The molecule has 0 saturated carbocycles. The standard InChI is InChI=1S/C16H24N2O4S/c1-12(2)15(16(19)18-8-10-22-11-9-18)17-23(20,21)14-7-5-4-6-13(14)3/h4-7,12,15,17H,8-11H2,1-3H3/t15-/m0/s1. The van der Waals surface area contributed by atoms with Crippen molar-refractivity contribution in [2.45, 2.75) is 31.7 Å². The van der Waals surface area contributed by atoms with Crippen LogP contribution in [0.3, 0.4) is 0 Å². The zero-order valence-corrected chi connectivity index (χ0v) is 14.6. The molecule has 1 aliphatic heterocycles. The fourth-order valence-corrected chi connectivity index (χ4v) is 4.12. The van der Waals surface area contributed by atoms with Crippen LogP contribution in [0.25, 0.3) is 0 Å². The molecule has 1 fully saturated rings. The molecule has 1 amide bonds. The van der Waals surface area contributed by atoms with Gasteiger partial charge in [0, 0.05) is 13.1 Å². The quantitative estimate of drug-likeness (QED) is 0.873. The smallest absolute Gasteiger partial charge is 0.241 e. The number of morpholine rings is 1. The summed E-state index contributed by atoms with van der Waals surface area (Å²) in [4.78, 5) is 14.5. The number of nitrogens with zero attached hydrogens (tertiary/aromatic N) is 1. The first-order chi connectivity index (χ1) is 10.8. The highest BCUT2D eigenvalue weighted by Gasteiger charge is 2.32. The fraction of sp³-hybridized carbons (Fsp3) is 0.562. The molecule has 0 spiro atoms. The molecule has 1 N–H and O–H groups in total. The molecular formula is C16H24N2O4S. The number of sulfonamides is 1. The van der Waals surface area contributed by atoms with E-state index in [4.69, 9.17) is 4.74 Å². The fourth-order valence-electron chi connectivity index (χ4n) is 2.54. The van der Waals surface area contributed by atoms with Crippen molar-refractivity contribution in [1.29, 1.82) is 0 Å². The van der Waals surface area contributed by atoms with Gasteiger partial charge < -0.3 is 9.64 Å². The van der Waals surface area contributed by atoms with Gasteiger partial charge in [-0.05, 0) is 24.5 Å². The van der Waals surface area contributed by atoms with Crippen molar-refractivity contribution < 1.29 is 17.9 Å². The van der Waals surface area contributed by atoms with Gasteiger partial charge in [0.1, 0.15) is 6.04 Å². The molecule has 0 aliphatic carbocycles. The van der Waals surface area contributed by atoms with E-state index in [1.165, 1.54) is 0 Å². The highest BCUT2D eigenvalue weighted by molar-refractivity contribution is 7.89. The number of benzene rings is 1. The van der Waals surface area contributed by atoms with Crippen molar-refractivity contribution in [3.05, 3.63) is 29.8 Å². The second kappa shape index (κ2) is 7.42. The molecule has 6 nitrogen and oxygen atoms in total. The molecule has 23 heavy (non-hydrogen) atoms. The van der Waals surface area contributed by atoms with Gasteiger partial charge in [0.05, 0.1) is 18.1 Å². The molecule has 1 saturated heterocycles. The number of aryl methyl sites for hydroxylation is 1. The molecule has 1 aromatic rings. The van der Waals surface area contributed by atoms with Crippen LogP contribution in [-0.2, 0) is 19.6 Å². The van der Waals surface area contributed by atoms with Crippen LogP contribution < -0.4 is 4.72 Å². The van der Waals surface area contributed by atoms with Crippen molar-refractivity contribution >= 4 is 15.9 Å². The number of hydrogen-bond donors (Lipinski definition) is 1. The first-order valence-electron chi connectivity index (χ1n) is 7.77. The predicted octanol–water partition coefficient (Wildman–Crippen LogP) is 1.16. The van der Waals surface area contributed by atoms with E-state index in [0.29, 0.717) is 31.9 Å². The van der Waals surface area contributed by atoms with Crippen LogP contribution >= 0.6 is 0 Å². The number of ether oxygens (including phenoxy) is 1. The Morgan fingerprint density at radius 1 is 1.22 bits per heavy atom. The lowest BCUT2D eigenvalue weighted by Gasteiger charge is -2.32. The molecule has 1 aromatic carbocycles. The number of carbonyl (C=O) groups is 1. The van der Waals surface area contributed by atoms with Crippen molar-refractivity contribution in [3.8, 4) is 0 Å². The third-order valence-electron chi connectivity index (χ3n) is 3.92. The van der Waals surface area contributed by atoms with Crippen LogP contribution in [0.5, 0.6) is 0 Å². The molecule has 1 atom stereocenters. The average molecular weight is 340 g/mol. The summed E-state index contributed by atoms with van der Waals surface area (Å²) in [7, 11) is -3.75. The van der Waals surface area contributed by atoms with E-state index in [-0.39, 0.29) is 16.7 Å². The third kappa shape index (κ3) is 4.31. The second-order valence-electron chi connectivity index (χ2n) is 6.05. The molecule has 1 aliphatic rings. The highest BCUT2D eigenvalue weighted by Crippen LogP contribution is 2.17. The summed E-state index contributed by atoms with van der Waals surface area (Å²) in [6, 6.07) is 5.97. The SMILES string of the molecule is Cc1ccccc1S(=O)(=O)N[C@H](C(=O)N1CCOCC1)C(C)C. The molecule has 0 aromatic heterocycles. The van der Waals surface area contributed by atoms with Crippen LogP contribution in [0.4, 0.5) is 0 Å². The van der Waals surface area contributed by atoms with Crippen LogP contribution in [0.1, 0.15) is 19.4 Å². The number of carbonyl (C=O) groups excluding carboxylic acids is 1. The van der Waals surface area contributed by atoms with Crippen molar-refractivity contribution in [3.63, 3.8) is 0 Å². The van der Waals surface area contributed by atoms with Crippen molar-refractivity contribution in [2.24, 2.45) is 5.92 Å². The van der Waals surface area contributed by atoms with E-state index >= 15 is 0 Å². The molecular weight excluding hydrogens is 316 g/mol. The van der Waals surface area contributed by atoms with Crippen LogP contribution in [0.15, 0.2) is 29.2 Å². The molecule has 0 bridgehead atoms. The maximum atomic E-state index is 12.7. The number of rotatable bonds is 5. The Bertz CT molecular complexity index is 652. The Kier molecular flexibility index (Phi) is 5.78. The summed E-state index contributed by atoms with van der Waals surface area (Å²) in [5.41, 5.74) is 0.654. The number of amides is 1. The minimum absolute atomic E-state index is 0.149. The lowest BCUT2D eigenvalue weighted by atomic mass is 10.0. The number of nitrogens with one attached hydrogen (secondary N) is 1. The van der Waals surface area contributed by atoms with Gasteiger partial charge in [-0.3, -0.25) is 4.79 Å². The molecule has 1 heterocycles. The van der Waals surface area contributed by atoms with Gasteiger partial charge >= 0.3 is 0 Å². The zero-order chi connectivity index (χ0) is 17.0. The summed E-state index contributed by atoms with van der Waals surface area (Å²) in [5, 5.41) is 0. The molecule has 7 heteroatoms. The normalized spacial score (nSPS) is 17.3. The highest BCUT2D eigenvalue weighted by atomic mass is 32.2. The molecule has 128 valence electrons. The van der Waals surface area contributed by atoms with Gasteiger partial charge in [-0.2, -0.15) is 4.72 Å². The maximum absolute atomic E-state index is 12.7. The average Bonchev–Trinajstić information content (AvgIpc) is 2.53. The van der Waals surface area contributed by atoms with Gasteiger partial charge in [0.2, 0.25) is 15.9 Å². The first-order valence-corrected chi connectivity index (χ1v) is 9.26. The summed E-state index contributed by atoms with van der Waals surface area (Å²) in [6.07, 6.45) is 0. The van der Waals surface area contributed by atoms with Gasteiger partial charge in [0.15, 0.2) is 0 Å². The lowest BCUT2D eigenvalue weighted by Crippen LogP contribution is -2.53. The largest absolute Gasteiger partial charge is 0.378 e. The number of hydrogen-bond acceptors (Lipinski definition) is 4.